The standard InChI is InChI=1S/C24H18N4/c25-22-13-12-20-19-10-4-5-11-23(19)28(18-9-6-14-26-15-18)24(20)21(22)16-27-17-7-2-1-3-8-17/h1-16H,25H2. The SMILES string of the molecule is Nc1ccc2c3ccccc3n(-c3cccnc3)c2c1C=Nc1ccccc1. The first-order valence-corrected chi connectivity index (χ1v) is 9.14. The van der Waals surface area contributed by atoms with Gasteiger partial charge in [0.25, 0.3) is 0 Å². The lowest BCUT2D eigenvalue weighted by atomic mass is 10.1. The third-order valence-electron chi connectivity index (χ3n) is 4.91. The molecule has 0 radical (unpaired) electrons. The van der Waals surface area contributed by atoms with Gasteiger partial charge in [-0.3, -0.25) is 9.98 Å². The van der Waals surface area contributed by atoms with E-state index in [0.29, 0.717) is 5.69 Å². The van der Waals surface area contributed by atoms with Gasteiger partial charge in [0.2, 0.25) is 0 Å². The fourth-order valence-electron chi connectivity index (χ4n) is 3.64. The second-order valence-corrected chi connectivity index (χ2v) is 6.62. The summed E-state index contributed by atoms with van der Waals surface area (Å²) < 4.78 is 2.21. The molecule has 0 saturated carbocycles. The summed E-state index contributed by atoms with van der Waals surface area (Å²) in [4.78, 5) is 8.97. The molecule has 0 atom stereocenters. The Morgan fingerprint density at radius 1 is 0.821 bits per heavy atom. The molecule has 0 saturated heterocycles. The van der Waals surface area contributed by atoms with Gasteiger partial charge in [0.1, 0.15) is 0 Å². The summed E-state index contributed by atoms with van der Waals surface area (Å²) in [7, 11) is 0. The minimum Gasteiger partial charge on any atom is -0.398 e. The zero-order valence-electron chi connectivity index (χ0n) is 15.2. The van der Waals surface area contributed by atoms with E-state index in [1.54, 1.807) is 6.20 Å². The predicted molar refractivity (Wildman–Crippen MR) is 117 cm³/mol. The van der Waals surface area contributed by atoms with Crippen LogP contribution in [0.4, 0.5) is 11.4 Å². The highest BCUT2D eigenvalue weighted by molar-refractivity contribution is 6.16. The molecule has 0 aliphatic rings. The molecule has 0 unspecified atom stereocenters. The Morgan fingerprint density at radius 3 is 2.46 bits per heavy atom. The number of nitrogens with zero attached hydrogens (tertiary/aromatic N) is 3. The van der Waals surface area contributed by atoms with Crippen LogP contribution in [0.2, 0.25) is 0 Å². The maximum atomic E-state index is 6.40. The number of nitrogen functional groups attached to an aromatic ring is 1. The van der Waals surface area contributed by atoms with E-state index in [2.05, 4.69) is 50.9 Å². The number of hydrogen-bond donors (Lipinski definition) is 1. The maximum absolute atomic E-state index is 6.40. The summed E-state index contributed by atoms with van der Waals surface area (Å²) in [6.45, 7) is 0. The number of rotatable bonds is 3. The van der Waals surface area contributed by atoms with Crippen LogP contribution in [0, 0.1) is 0 Å². The molecule has 28 heavy (non-hydrogen) atoms. The normalized spacial score (nSPS) is 11.6. The zero-order valence-corrected chi connectivity index (χ0v) is 15.2. The van der Waals surface area contributed by atoms with Crippen molar-refractivity contribution in [3.8, 4) is 5.69 Å². The molecule has 2 heterocycles. The summed E-state index contributed by atoms with van der Waals surface area (Å²) in [6, 6.07) is 26.3. The van der Waals surface area contributed by atoms with Gasteiger partial charge in [-0.2, -0.15) is 0 Å². The van der Waals surface area contributed by atoms with Gasteiger partial charge in [0, 0.05) is 34.4 Å². The molecular weight excluding hydrogens is 344 g/mol. The van der Waals surface area contributed by atoms with Gasteiger partial charge in [-0.1, -0.05) is 42.5 Å². The monoisotopic (exact) mass is 362 g/mol. The van der Waals surface area contributed by atoms with E-state index in [1.807, 2.05) is 54.9 Å². The average Bonchev–Trinajstić information content (AvgIpc) is 3.09. The first kappa shape index (κ1) is 16.3. The van der Waals surface area contributed by atoms with Gasteiger partial charge < -0.3 is 10.3 Å². The van der Waals surface area contributed by atoms with E-state index in [9.17, 15) is 0 Å². The van der Waals surface area contributed by atoms with Gasteiger partial charge in [-0.05, 0) is 36.4 Å². The number of para-hydroxylation sites is 2. The summed E-state index contributed by atoms with van der Waals surface area (Å²) >= 11 is 0. The maximum Gasteiger partial charge on any atom is 0.0650 e. The summed E-state index contributed by atoms with van der Waals surface area (Å²) in [6.07, 6.45) is 5.51. The Morgan fingerprint density at radius 2 is 1.64 bits per heavy atom. The lowest BCUT2D eigenvalue weighted by Gasteiger charge is -2.10. The Balaban J connectivity index is 1.86. The van der Waals surface area contributed by atoms with Gasteiger partial charge in [-0.25, -0.2) is 0 Å². The van der Waals surface area contributed by atoms with Gasteiger partial charge in [-0.15, -0.1) is 0 Å². The predicted octanol–water partition coefficient (Wildman–Crippen LogP) is 5.51. The van der Waals surface area contributed by atoms with Gasteiger partial charge >= 0.3 is 0 Å². The number of anilines is 1. The van der Waals surface area contributed by atoms with Crippen LogP contribution in [0.5, 0.6) is 0 Å². The molecule has 0 amide bonds. The average molecular weight is 362 g/mol. The second-order valence-electron chi connectivity index (χ2n) is 6.62. The van der Waals surface area contributed by atoms with Crippen molar-refractivity contribution in [3.05, 3.63) is 96.8 Å². The largest absolute Gasteiger partial charge is 0.398 e. The molecule has 0 aliphatic heterocycles. The van der Waals surface area contributed by atoms with Crippen molar-refractivity contribution in [3.63, 3.8) is 0 Å². The Kier molecular flexibility index (Phi) is 3.87. The number of aromatic nitrogens is 2. The van der Waals surface area contributed by atoms with Crippen molar-refractivity contribution in [1.29, 1.82) is 0 Å². The molecule has 0 bridgehead atoms. The second kappa shape index (κ2) is 6.67. The summed E-state index contributed by atoms with van der Waals surface area (Å²) in [5.74, 6) is 0. The van der Waals surface area contributed by atoms with E-state index in [4.69, 9.17) is 5.73 Å². The van der Waals surface area contributed by atoms with E-state index >= 15 is 0 Å². The lowest BCUT2D eigenvalue weighted by Crippen LogP contribution is -2.00. The molecule has 4 nitrogen and oxygen atoms in total. The fourth-order valence-corrected chi connectivity index (χ4v) is 3.64. The molecule has 2 aromatic heterocycles. The molecule has 0 aliphatic carbocycles. The Bertz CT molecular complexity index is 1300. The van der Waals surface area contributed by atoms with Crippen LogP contribution in [0.15, 0.2) is 96.2 Å². The smallest absolute Gasteiger partial charge is 0.0650 e. The third-order valence-corrected chi connectivity index (χ3v) is 4.91. The van der Waals surface area contributed by atoms with Crippen molar-refractivity contribution in [2.45, 2.75) is 0 Å². The van der Waals surface area contributed by atoms with Gasteiger partial charge in [0.15, 0.2) is 0 Å². The highest BCUT2D eigenvalue weighted by atomic mass is 15.0. The van der Waals surface area contributed by atoms with E-state index in [1.165, 1.54) is 5.39 Å². The number of aliphatic imine (C=N–C) groups is 1. The highest BCUT2D eigenvalue weighted by Crippen LogP contribution is 2.35. The van der Waals surface area contributed by atoms with Crippen molar-refractivity contribution in [1.82, 2.24) is 9.55 Å². The number of nitrogens with two attached hydrogens (primary N) is 1. The minimum atomic E-state index is 0.695. The van der Waals surface area contributed by atoms with Crippen LogP contribution in [0.1, 0.15) is 5.56 Å². The quantitative estimate of drug-likeness (QED) is 0.340. The highest BCUT2D eigenvalue weighted by Gasteiger charge is 2.16. The third kappa shape index (κ3) is 2.63. The van der Waals surface area contributed by atoms with Crippen LogP contribution in [-0.2, 0) is 0 Å². The van der Waals surface area contributed by atoms with Crippen LogP contribution in [0.25, 0.3) is 27.5 Å². The van der Waals surface area contributed by atoms with Crippen LogP contribution >= 0.6 is 0 Å². The van der Waals surface area contributed by atoms with Crippen molar-refractivity contribution < 1.29 is 0 Å². The minimum absolute atomic E-state index is 0.695. The van der Waals surface area contributed by atoms with Crippen LogP contribution in [-0.4, -0.2) is 15.8 Å². The molecule has 3 aromatic carbocycles. The molecule has 0 spiro atoms. The number of fused-ring (bicyclic) bond motifs is 3. The van der Waals surface area contributed by atoms with E-state index in [-0.39, 0.29) is 0 Å². The Labute approximate surface area is 162 Å². The topological polar surface area (TPSA) is 56.2 Å². The molecule has 5 aromatic rings. The van der Waals surface area contributed by atoms with E-state index < -0.39 is 0 Å². The van der Waals surface area contributed by atoms with Crippen LogP contribution < -0.4 is 5.73 Å². The van der Waals surface area contributed by atoms with Crippen molar-refractivity contribution >= 4 is 39.4 Å². The summed E-state index contributed by atoms with van der Waals surface area (Å²) in [5, 5.41) is 2.32. The molecule has 0 fully saturated rings. The first-order valence-electron chi connectivity index (χ1n) is 9.14. The summed E-state index contributed by atoms with van der Waals surface area (Å²) in [5.41, 5.74) is 12.0. The number of pyridine rings is 1. The van der Waals surface area contributed by atoms with E-state index in [0.717, 1.165) is 33.4 Å². The zero-order chi connectivity index (χ0) is 18.9. The number of hydrogen-bond acceptors (Lipinski definition) is 3. The molecule has 134 valence electrons. The molecule has 2 N–H and O–H groups in total. The first-order chi connectivity index (χ1) is 13.8. The number of benzene rings is 3. The lowest BCUT2D eigenvalue weighted by molar-refractivity contribution is 1.14. The molecule has 5 rings (SSSR count). The molecular formula is C24H18N4. The molecule has 4 heteroatoms. The van der Waals surface area contributed by atoms with Crippen molar-refractivity contribution in [2.24, 2.45) is 4.99 Å². The van der Waals surface area contributed by atoms with Gasteiger partial charge in [0.05, 0.1) is 28.6 Å². The van der Waals surface area contributed by atoms with Crippen molar-refractivity contribution in [2.75, 3.05) is 5.73 Å². The van der Waals surface area contributed by atoms with Crippen LogP contribution in [0.3, 0.4) is 0 Å². The Hall–Kier alpha value is -3.92. The fraction of sp³-hybridized carbons (Fsp3) is 0.